The van der Waals surface area contributed by atoms with Gasteiger partial charge in [-0.15, -0.1) is 0 Å². The molecule has 0 saturated heterocycles. The standard InChI is InChI=1S/C27H22F3N5O3/c1-15-8-9-31-21(13-35-10-4-6-20(26(35)37)27(28,29)30)19(15)14-38-23-7-3-5-17-18(11-16(2)33-25(17)23)24-22(36)12-32-34-24/h3-12,36H,13-14H2,1-2H3,(H,32,34). The van der Waals surface area contributed by atoms with Crippen molar-refractivity contribution in [2.45, 2.75) is 33.2 Å². The lowest BCUT2D eigenvalue weighted by Gasteiger charge is -2.16. The van der Waals surface area contributed by atoms with Crippen LogP contribution in [-0.4, -0.2) is 29.8 Å². The summed E-state index contributed by atoms with van der Waals surface area (Å²) < 4.78 is 46.9. The molecule has 4 aromatic heterocycles. The fraction of sp³-hybridized carbons (Fsp3) is 0.185. The summed E-state index contributed by atoms with van der Waals surface area (Å²) in [5.74, 6) is 0.473. The van der Waals surface area contributed by atoms with E-state index in [1.165, 1.54) is 18.5 Å². The molecular formula is C27H22F3N5O3. The van der Waals surface area contributed by atoms with Crippen molar-refractivity contribution in [3.05, 3.63) is 99.5 Å². The first kappa shape index (κ1) is 25.0. The SMILES string of the molecule is Cc1cc(-c2[nH]ncc2O)c2cccc(OCc3c(C)ccnc3Cn3cccc(C(F)(F)F)c3=O)c2n1. The smallest absolute Gasteiger partial charge is 0.421 e. The van der Waals surface area contributed by atoms with Gasteiger partial charge in [-0.2, -0.15) is 18.3 Å². The third kappa shape index (κ3) is 4.70. The zero-order valence-electron chi connectivity index (χ0n) is 20.4. The number of aromatic hydroxyl groups is 1. The van der Waals surface area contributed by atoms with E-state index in [-0.39, 0.29) is 18.9 Å². The summed E-state index contributed by atoms with van der Waals surface area (Å²) in [7, 11) is 0. The number of aromatic amines is 1. The quantitative estimate of drug-likeness (QED) is 0.320. The van der Waals surface area contributed by atoms with Crippen molar-refractivity contribution in [2.24, 2.45) is 0 Å². The monoisotopic (exact) mass is 521 g/mol. The van der Waals surface area contributed by atoms with Gasteiger partial charge in [0.15, 0.2) is 5.75 Å². The number of rotatable bonds is 6. The topological polar surface area (TPSA) is 106 Å². The first-order chi connectivity index (χ1) is 18.1. The van der Waals surface area contributed by atoms with Crippen molar-refractivity contribution < 1.29 is 23.0 Å². The van der Waals surface area contributed by atoms with Gasteiger partial charge in [0.2, 0.25) is 0 Å². The molecule has 0 bridgehead atoms. The van der Waals surface area contributed by atoms with E-state index in [0.717, 1.165) is 21.6 Å². The predicted octanol–water partition coefficient (Wildman–Crippen LogP) is 5.15. The van der Waals surface area contributed by atoms with Crippen molar-refractivity contribution in [1.82, 2.24) is 24.7 Å². The zero-order valence-corrected chi connectivity index (χ0v) is 20.4. The van der Waals surface area contributed by atoms with Gasteiger partial charge in [0, 0.05) is 34.6 Å². The van der Waals surface area contributed by atoms with Gasteiger partial charge in [-0.1, -0.05) is 12.1 Å². The summed E-state index contributed by atoms with van der Waals surface area (Å²) in [6.45, 7) is 3.55. The van der Waals surface area contributed by atoms with Gasteiger partial charge < -0.3 is 14.4 Å². The van der Waals surface area contributed by atoms with Crippen LogP contribution in [0, 0.1) is 13.8 Å². The highest BCUT2D eigenvalue weighted by molar-refractivity contribution is 5.97. The van der Waals surface area contributed by atoms with Crippen LogP contribution in [0.15, 0.2) is 65.8 Å². The Morgan fingerprint density at radius 1 is 1.13 bits per heavy atom. The maximum Gasteiger partial charge on any atom is 0.421 e. The molecule has 0 aliphatic carbocycles. The molecule has 0 fully saturated rings. The largest absolute Gasteiger partial charge is 0.504 e. The Hall–Kier alpha value is -4.67. The maximum absolute atomic E-state index is 13.2. The van der Waals surface area contributed by atoms with E-state index in [9.17, 15) is 23.1 Å². The van der Waals surface area contributed by atoms with Crippen LogP contribution < -0.4 is 10.3 Å². The Balaban J connectivity index is 1.50. The van der Waals surface area contributed by atoms with Gasteiger partial charge in [0.05, 0.1) is 18.4 Å². The van der Waals surface area contributed by atoms with Gasteiger partial charge in [-0.3, -0.25) is 14.9 Å². The van der Waals surface area contributed by atoms with Crippen LogP contribution in [0.25, 0.3) is 22.2 Å². The molecule has 2 N–H and O–H groups in total. The highest BCUT2D eigenvalue weighted by Crippen LogP contribution is 2.36. The number of para-hydroxylation sites is 1. The number of alkyl halides is 3. The Morgan fingerprint density at radius 2 is 1.95 bits per heavy atom. The molecule has 5 rings (SSSR count). The van der Waals surface area contributed by atoms with E-state index >= 15 is 0 Å². The van der Waals surface area contributed by atoms with Crippen LogP contribution in [-0.2, 0) is 19.3 Å². The number of ether oxygens (including phenoxy) is 1. The number of nitrogens with one attached hydrogen (secondary N) is 1. The lowest BCUT2D eigenvalue weighted by atomic mass is 10.0. The van der Waals surface area contributed by atoms with Gasteiger partial charge in [-0.25, -0.2) is 4.98 Å². The van der Waals surface area contributed by atoms with Crippen molar-refractivity contribution in [3.8, 4) is 22.8 Å². The average Bonchev–Trinajstić information content (AvgIpc) is 3.29. The molecule has 0 aliphatic rings. The van der Waals surface area contributed by atoms with E-state index in [4.69, 9.17) is 4.74 Å². The zero-order chi connectivity index (χ0) is 27.0. The van der Waals surface area contributed by atoms with Crippen LogP contribution in [0.5, 0.6) is 11.5 Å². The highest BCUT2D eigenvalue weighted by Gasteiger charge is 2.34. The Labute approximate surface area is 214 Å². The summed E-state index contributed by atoms with van der Waals surface area (Å²) in [5.41, 5.74) is 1.91. The second-order valence-corrected chi connectivity index (χ2v) is 8.79. The minimum Gasteiger partial charge on any atom is -0.504 e. The number of aromatic nitrogens is 5. The Morgan fingerprint density at radius 3 is 2.68 bits per heavy atom. The molecule has 4 heterocycles. The summed E-state index contributed by atoms with van der Waals surface area (Å²) in [4.78, 5) is 21.5. The van der Waals surface area contributed by atoms with E-state index in [1.54, 1.807) is 24.4 Å². The molecule has 194 valence electrons. The summed E-state index contributed by atoms with van der Waals surface area (Å²) in [6, 6.07) is 11.0. The molecule has 0 radical (unpaired) electrons. The lowest BCUT2D eigenvalue weighted by molar-refractivity contribution is -0.138. The van der Waals surface area contributed by atoms with Gasteiger partial charge in [0.25, 0.3) is 5.56 Å². The maximum atomic E-state index is 13.2. The Bertz CT molecular complexity index is 1710. The van der Waals surface area contributed by atoms with Crippen molar-refractivity contribution in [1.29, 1.82) is 0 Å². The molecule has 11 heteroatoms. The number of hydrogen-bond donors (Lipinski definition) is 2. The first-order valence-electron chi connectivity index (χ1n) is 11.6. The lowest BCUT2D eigenvalue weighted by Crippen LogP contribution is -2.29. The molecule has 0 spiro atoms. The van der Waals surface area contributed by atoms with Crippen LogP contribution in [0.1, 0.15) is 28.1 Å². The number of hydrogen-bond acceptors (Lipinski definition) is 6. The number of pyridine rings is 3. The summed E-state index contributed by atoms with van der Waals surface area (Å²) in [5, 5.41) is 17.6. The normalized spacial score (nSPS) is 11.7. The molecule has 8 nitrogen and oxygen atoms in total. The second kappa shape index (κ2) is 9.66. The van der Waals surface area contributed by atoms with Crippen LogP contribution >= 0.6 is 0 Å². The molecule has 5 aromatic rings. The number of aryl methyl sites for hydroxylation is 2. The summed E-state index contributed by atoms with van der Waals surface area (Å²) >= 11 is 0. The molecule has 0 saturated carbocycles. The molecular weight excluding hydrogens is 499 g/mol. The van der Waals surface area contributed by atoms with Crippen molar-refractivity contribution >= 4 is 10.9 Å². The number of H-pyrrole nitrogens is 1. The number of nitrogens with zero attached hydrogens (tertiary/aromatic N) is 4. The van der Waals surface area contributed by atoms with Crippen molar-refractivity contribution in [3.63, 3.8) is 0 Å². The van der Waals surface area contributed by atoms with Crippen molar-refractivity contribution in [2.75, 3.05) is 0 Å². The number of benzene rings is 1. The van der Waals surface area contributed by atoms with E-state index in [0.29, 0.717) is 39.5 Å². The predicted molar refractivity (Wildman–Crippen MR) is 134 cm³/mol. The molecule has 0 amide bonds. The number of halogens is 3. The minimum atomic E-state index is -4.75. The second-order valence-electron chi connectivity index (χ2n) is 8.79. The molecule has 1 aromatic carbocycles. The van der Waals surface area contributed by atoms with Gasteiger partial charge >= 0.3 is 6.18 Å². The fourth-order valence-electron chi connectivity index (χ4n) is 4.32. The number of fused-ring (bicyclic) bond motifs is 1. The molecule has 0 aliphatic heterocycles. The molecule has 0 atom stereocenters. The highest BCUT2D eigenvalue weighted by atomic mass is 19.4. The van der Waals surface area contributed by atoms with Gasteiger partial charge in [0.1, 0.15) is 29.1 Å². The summed E-state index contributed by atoms with van der Waals surface area (Å²) in [6.07, 6.45) is -0.591. The molecule has 0 unspecified atom stereocenters. The van der Waals surface area contributed by atoms with Gasteiger partial charge in [-0.05, 0) is 49.7 Å². The van der Waals surface area contributed by atoms with E-state index in [2.05, 4.69) is 20.2 Å². The first-order valence-corrected chi connectivity index (χ1v) is 11.6. The van der Waals surface area contributed by atoms with Crippen LogP contribution in [0.4, 0.5) is 13.2 Å². The van der Waals surface area contributed by atoms with E-state index in [1.807, 2.05) is 26.0 Å². The average molecular weight is 521 g/mol. The fourth-order valence-corrected chi connectivity index (χ4v) is 4.32. The van der Waals surface area contributed by atoms with E-state index < -0.39 is 17.3 Å². The third-order valence-electron chi connectivity index (χ3n) is 6.22. The minimum absolute atomic E-state index is 0.00341. The Kier molecular flexibility index (Phi) is 6.35. The molecule has 38 heavy (non-hydrogen) atoms. The van der Waals surface area contributed by atoms with Crippen LogP contribution in [0.3, 0.4) is 0 Å². The third-order valence-corrected chi connectivity index (χ3v) is 6.22. The van der Waals surface area contributed by atoms with Crippen LogP contribution in [0.2, 0.25) is 0 Å².